The summed E-state index contributed by atoms with van der Waals surface area (Å²) in [5, 5.41) is 5.53. The molecule has 1 aromatic rings. The molecule has 2 fully saturated rings. The lowest BCUT2D eigenvalue weighted by Crippen LogP contribution is -2.46. The van der Waals surface area contributed by atoms with Crippen molar-refractivity contribution in [1.82, 2.24) is 10.6 Å². The van der Waals surface area contributed by atoms with Crippen LogP contribution in [0.25, 0.3) is 0 Å². The normalized spacial score (nSPS) is 22.6. The van der Waals surface area contributed by atoms with Gasteiger partial charge in [-0.25, -0.2) is 8.78 Å². The number of ether oxygens (including phenoxy) is 1. The fraction of sp³-hybridized carbons (Fsp3) is 0.600. The highest BCUT2D eigenvalue weighted by molar-refractivity contribution is 5.84. The molecular formula is C20H26F2N2O3. The molecule has 0 saturated heterocycles. The number of benzene rings is 1. The number of hydrogen-bond acceptors (Lipinski definition) is 3. The maximum Gasteiger partial charge on any atom is 0.239 e. The smallest absolute Gasteiger partial charge is 0.239 e. The first kappa shape index (κ1) is 19.6. The molecule has 0 unspecified atom stereocenters. The standard InChI is InChI=1S/C20H26F2N2O3/c21-14-9-15(22)11-16(10-14)27-18-7-3-6-17(18)24-20(26)12-23-19(25)8-13-4-1-2-5-13/h9-11,13,17-18H,1-8,12H2,(H,23,25)(H,24,26)/t17-,18+/m0/s1. The van der Waals surface area contributed by atoms with Crippen LogP contribution in [0.4, 0.5) is 8.78 Å². The summed E-state index contributed by atoms with van der Waals surface area (Å²) in [6.45, 7) is -0.0661. The van der Waals surface area contributed by atoms with Gasteiger partial charge in [-0.15, -0.1) is 0 Å². The molecule has 5 nitrogen and oxygen atoms in total. The van der Waals surface area contributed by atoms with Crippen molar-refractivity contribution in [2.45, 2.75) is 63.5 Å². The van der Waals surface area contributed by atoms with Crippen LogP contribution >= 0.6 is 0 Å². The molecule has 3 rings (SSSR count). The van der Waals surface area contributed by atoms with Crippen LogP contribution < -0.4 is 15.4 Å². The molecule has 2 saturated carbocycles. The minimum absolute atomic E-state index is 0.0661. The third-order valence-electron chi connectivity index (χ3n) is 5.32. The molecule has 2 aliphatic carbocycles. The molecule has 0 aliphatic heterocycles. The molecule has 148 valence electrons. The van der Waals surface area contributed by atoms with Gasteiger partial charge in [0, 0.05) is 24.6 Å². The Morgan fingerprint density at radius 2 is 1.67 bits per heavy atom. The van der Waals surface area contributed by atoms with Crippen LogP contribution in [0.2, 0.25) is 0 Å². The summed E-state index contributed by atoms with van der Waals surface area (Å²) in [6.07, 6.45) is 6.93. The Labute approximate surface area is 157 Å². The van der Waals surface area contributed by atoms with Crippen molar-refractivity contribution < 1.29 is 23.1 Å². The Bertz CT molecular complexity index is 657. The predicted octanol–water partition coefficient (Wildman–Crippen LogP) is 3.08. The number of nitrogens with one attached hydrogen (secondary N) is 2. The lowest BCUT2D eigenvalue weighted by molar-refractivity contribution is -0.127. The van der Waals surface area contributed by atoms with Crippen LogP contribution in [0.3, 0.4) is 0 Å². The first-order valence-electron chi connectivity index (χ1n) is 9.68. The van der Waals surface area contributed by atoms with Crippen molar-refractivity contribution in [3.05, 3.63) is 29.8 Å². The molecule has 0 bridgehead atoms. The molecule has 2 atom stereocenters. The zero-order valence-electron chi connectivity index (χ0n) is 15.3. The van der Waals surface area contributed by atoms with Gasteiger partial charge in [0.05, 0.1) is 12.6 Å². The summed E-state index contributed by atoms with van der Waals surface area (Å²) in [5.74, 6) is -1.22. The van der Waals surface area contributed by atoms with Crippen molar-refractivity contribution >= 4 is 11.8 Å². The van der Waals surface area contributed by atoms with Gasteiger partial charge in [0.1, 0.15) is 23.5 Å². The second-order valence-corrected chi connectivity index (χ2v) is 7.50. The third-order valence-corrected chi connectivity index (χ3v) is 5.32. The molecule has 7 heteroatoms. The Hall–Kier alpha value is -2.18. The first-order valence-corrected chi connectivity index (χ1v) is 9.68. The number of carbonyl (C=O) groups excluding carboxylic acids is 2. The van der Waals surface area contributed by atoms with E-state index in [1.807, 2.05) is 0 Å². The number of hydrogen-bond donors (Lipinski definition) is 2. The van der Waals surface area contributed by atoms with E-state index < -0.39 is 11.6 Å². The Kier molecular flexibility index (Phi) is 6.63. The molecule has 2 amide bonds. The van der Waals surface area contributed by atoms with Gasteiger partial charge in [0.25, 0.3) is 0 Å². The highest BCUT2D eigenvalue weighted by atomic mass is 19.1. The van der Waals surface area contributed by atoms with E-state index in [4.69, 9.17) is 4.74 Å². The average Bonchev–Trinajstić information content (AvgIpc) is 3.25. The quantitative estimate of drug-likeness (QED) is 0.764. The summed E-state index contributed by atoms with van der Waals surface area (Å²) in [5.41, 5.74) is 0. The minimum Gasteiger partial charge on any atom is -0.488 e. The lowest BCUT2D eigenvalue weighted by Gasteiger charge is -2.22. The number of rotatable bonds is 7. The van der Waals surface area contributed by atoms with Crippen LogP contribution in [0.5, 0.6) is 5.75 Å². The van der Waals surface area contributed by atoms with Crippen molar-refractivity contribution in [2.75, 3.05) is 6.54 Å². The maximum absolute atomic E-state index is 13.3. The second-order valence-electron chi connectivity index (χ2n) is 7.50. The largest absolute Gasteiger partial charge is 0.488 e. The maximum atomic E-state index is 13.3. The monoisotopic (exact) mass is 380 g/mol. The van der Waals surface area contributed by atoms with E-state index in [0.29, 0.717) is 18.8 Å². The van der Waals surface area contributed by atoms with Gasteiger partial charge in [-0.3, -0.25) is 9.59 Å². The van der Waals surface area contributed by atoms with E-state index in [9.17, 15) is 18.4 Å². The summed E-state index contributed by atoms with van der Waals surface area (Å²) in [7, 11) is 0. The predicted molar refractivity (Wildman–Crippen MR) is 96.1 cm³/mol. The van der Waals surface area contributed by atoms with Crippen molar-refractivity contribution in [3.63, 3.8) is 0 Å². The number of halogens is 2. The Balaban J connectivity index is 1.44. The molecule has 2 aliphatic rings. The van der Waals surface area contributed by atoms with E-state index >= 15 is 0 Å². The van der Waals surface area contributed by atoms with Gasteiger partial charge in [0.2, 0.25) is 11.8 Å². The van der Waals surface area contributed by atoms with E-state index in [1.165, 1.54) is 12.8 Å². The number of carbonyl (C=O) groups is 2. The fourth-order valence-electron chi connectivity index (χ4n) is 3.99. The molecule has 0 aromatic heterocycles. The van der Waals surface area contributed by atoms with Crippen LogP contribution in [-0.2, 0) is 9.59 Å². The van der Waals surface area contributed by atoms with Gasteiger partial charge in [-0.1, -0.05) is 12.8 Å². The molecule has 0 spiro atoms. The van der Waals surface area contributed by atoms with Crippen LogP contribution in [-0.4, -0.2) is 30.5 Å². The molecule has 27 heavy (non-hydrogen) atoms. The Morgan fingerprint density at radius 1 is 0.963 bits per heavy atom. The zero-order valence-corrected chi connectivity index (χ0v) is 15.3. The van der Waals surface area contributed by atoms with Crippen molar-refractivity contribution in [1.29, 1.82) is 0 Å². The van der Waals surface area contributed by atoms with Gasteiger partial charge >= 0.3 is 0 Å². The highest BCUT2D eigenvalue weighted by Crippen LogP contribution is 2.27. The number of amides is 2. The van der Waals surface area contributed by atoms with E-state index in [1.54, 1.807) is 0 Å². The molecule has 2 N–H and O–H groups in total. The first-order chi connectivity index (χ1) is 13.0. The summed E-state index contributed by atoms with van der Waals surface area (Å²) < 4.78 is 32.3. The SMILES string of the molecule is O=C(CC1CCCC1)NCC(=O)N[C@H]1CCC[C@H]1Oc1cc(F)cc(F)c1. The van der Waals surface area contributed by atoms with Gasteiger partial charge < -0.3 is 15.4 Å². The summed E-state index contributed by atoms with van der Waals surface area (Å²) >= 11 is 0. The van der Waals surface area contributed by atoms with E-state index in [0.717, 1.165) is 43.9 Å². The van der Waals surface area contributed by atoms with E-state index in [2.05, 4.69) is 10.6 Å². The van der Waals surface area contributed by atoms with Gasteiger partial charge in [-0.05, 0) is 38.0 Å². The lowest BCUT2D eigenvalue weighted by atomic mass is 10.0. The van der Waals surface area contributed by atoms with Crippen LogP contribution in [0.1, 0.15) is 51.4 Å². The van der Waals surface area contributed by atoms with E-state index in [-0.39, 0.29) is 36.3 Å². The van der Waals surface area contributed by atoms with Crippen LogP contribution in [0, 0.1) is 17.6 Å². The third kappa shape index (κ3) is 5.91. The van der Waals surface area contributed by atoms with Crippen molar-refractivity contribution in [3.8, 4) is 5.75 Å². The molecule has 1 aromatic carbocycles. The Morgan fingerprint density at radius 3 is 2.37 bits per heavy atom. The second kappa shape index (κ2) is 9.15. The minimum atomic E-state index is -0.700. The topological polar surface area (TPSA) is 67.4 Å². The average molecular weight is 380 g/mol. The summed E-state index contributed by atoms with van der Waals surface area (Å²) in [6, 6.07) is 2.80. The fourth-order valence-corrected chi connectivity index (χ4v) is 3.99. The molecule has 0 radical (unpaired) electrons. The summed E-state index contributed by atoms with van der Waals surface area (Å²) in [4.78, 5) is 24.1. The molecular weight excluding hydrogens is 354 g/mol. The van der Waals surface area contributed by atoms with Gasteiger partial charge in [0.15, 0.2) is 0 Å². The van der Waals surface area contributed by atoms with Crippen LogP contribution in [0.15, 0.2) is 18.2 Å². The van der Waals surface area contributed by atoms with Gasteiger partial charge in [-0.2, -0.15) is 0 Å². The van der Waals surface area contributed by atoms with Crippen molar-refractivity contribution in [2.24, 2.45) is 5.92 Å². The molecule has 0 heterocycles. The highest BCUT2D eigenvalue weighted by Gasteiger charge is 2.30. The zero-order chi connectivity index (χ0) is 19.2.